The number of esters is 1. The second-order valence-electron chi connectivity index (χ2n) is 9.08. The Morgan fingerprint density at radius 1 is 0.875 bits per heavy atom. The van der Waals surface area contributed by atoms with Gasteiger partial charge in [0.1, 0.15) is 11.2 Å². The molecular weight excluding hydrogens is 310 g/mol. The lowest BCUT2D eigenvalue weighted by Gasteiger charge is -2.43. The number of carbonyl (C=O) groups is 2. The summed E-state index contributed by atoms with van der Waals surface area (Å²) in [6.07, 6.45) is 1.65. The summed E-state index contributed by atoms with van der Waals surface area (Å²) in [6.45, 7) is 11.7. The van der Waals surface area contributed by atoms with Gasteiger partial charge in [-0.1, -0.05) is 0 Å². The molecule has 2 rings (SSSR count). The Hall–Kier alpha value is -1.30. The first-order valence-corrected chi connectivity index (χ1v) is 8.72. The zero-order chi connectivity index (χ0) is 18.4. The molecule has 0 bridgehead atoms. The van der Waals surface area contributed by atoms with E-state index in [2.05, 4.69) is 0 Å². The van der Waals surface area contributed by atoms with Gasteiger partial charge in [-0.15, -0.1) is 0 Å². The van der Waals surface area contributed by atoms with Crippen molar-refractivity contribution in [1.29, 1.82) is 0 Å². The maximum absolute atomic E-state index is 12.6. The van der Waals surface area contributed by atoms with Crippen molar-refractivity contribution < 1.29 is 24.2 Å². The van der Waals surface area contributed by atoms with Crippen molar-refractivity contribution in [3.8, 4) is 0 Å². The molecule has 6 heteroatoms. The Kier molecular flexibility index (Phi) is 4.68. The van der Waals surface area contributed by atoms with E-state index in [0.29, 0.717) is 38.8 Å². The lowest BCUT2D eigenvalue weighted by molar-refractivity contribution is -0.177. The topological polar surface area (TPSA) is 76.1 Å². The summed E-state index contributed by atoms with van der Waals surface area (Å²) < 4.78 is 10.9. The summed E-state index contributed by atoms with van der Waals surface area (Å²) >= 11 is 0. The van der Waals surface area contributed by atoms with Gasteiger partial charge in [-0.3, -0.25) is 4.79 Å². The quantitative estimate of drug-likeness (QED) is 0.782. The maximum atomic E-state index is 12.6. The standard InChI is InChI=1S/C18H31NO5/c1-15(2,3)23-13(20)17(7-8-17)18(22)9-11-19(12-10-18)14(21)24-16(4,5)6/h22H,7-12H2,1-6H3. The van der Waals surface area contributed by atoms with E-state index in [1.54, 1.807) is 4.90 Å². The number of hydrogen-bond donors (Lipinski definition) is 1. The van der Waals surface area contributed by atoms with Gasteiger partial charge in [0, 0.05) is 13.1 Å². The van der Waals surface area contributed by atoms with Crippen LogP contribution in [0.5, 0.6) is 0 Å². The highest BCUT2D eigenvalue weighted by atomic mass is 16.6. The Bertz CT molecular complexity index is 502. The molecule has 1 N–H and O–H groups in total. The highest BCUT2D eigenvalue weighted by molar-refractivity contribution is 5.82. The molecule has 1 saturated heterocycles. The second kappa shape index (κ2) is 5.90. The molecule has 0 radical (unpaired) electrons. The molecule has 1 aliphatic carbocycles. The van der Waals surface area contributed by atoms with Crippen molar-refractivity contribution in [2.24, 2.45) is 5.41 Å². The zero-order valence-electron chi connectivity index (χ0n) is 15.8. The minimum atomic E-state index is -1.10. The second-order valence-corrected chi connectivity index (χ2v) is 9.08. The van der Waals surface area contributed by atoms with E-state index in [1.165, 1.54) is 0 Å². The normalized spacial score (nSPS) is 22.7. The first kappa shape index (κ1) is 19.0. The van der Waals surface area contributed by atoms with Crippen molar-refractivity contribution in [2.45, 2.75) is 84.0 Å². The van der Waals surface area contributed by atoms with Crippen molar-refractivity contribution >= 4 is 12.1 Å². The monoisotopic (exact) mass is 341 g/mol. The molecule has 0 unspecified atom stereocenters. The molecule has 2 aliphatic rings. The van der Waals surface area contributed by atoms with Crippen molar-refractivity contribution in [3.05, 3.63) is 0 Å². The average molecular weight is 341 g/mol. The van der Waals surface area contributed by atoms with Gasteiger partial charge in [0.05, 0.1) is 11.0 Å². The van der Waals surface area contributed by atoms with E-state index in [-0.39, 0.29) is 12.1 Å². The first-order valence-electron chi connectivity index (χ1n) is 8.72. The molecule has 0 aromatic carbocycles. The zero-order valence-corrected chi connectivity index (χ0v) is 15.8. The molecule has 138 valence electrons. The van der Waals surface area contributed by atoms with Crippen LogP contribution in [0.25, 0.3) is 0 Å². The van der Waals surface area contributed by atoms with Gasteiger partial charge in [0.2, 0.25) is 0 Å². The summed E-state index contributed by atoms with van der Waals surface area (Å²) in [5.74, 6) is -0.316. The third-order valence-corrected chi connectivity index (χ3v) is 4.67. The Balaban J connectivity index is 1.99. The minimum absolute atomic E-state index is 0.316. The third kappa shape index (κ3) is 4.02. The fourth-order valence-corrected chi connectivity index (χ4v) is 3.22. The fraction of sp³-hybridized carbons (Fsp3) is 0.889. The molecule has 0 aromatic rings. The summed E-state index contributed by atoms with van der Waals surface area (Å²) in [4.78, 5) is 26.3. The number of rotatable bonds is 2. The highest BCUT2D eigenvalue weighted by Crippen LogP contribution is 2.58. The number of likely N-dealkylation sites (tertiary alicyclic amines) is 1. The average Bonchev–Trinajstić information content (AvgIpc) is 3.16. The molecule has 1 heterocycles. The Morgan fingerprint density at radius 3 is 1.71 bits per heavy atom. The predicted octanol–water partition coefficient (Wildman–Crippen LogP) is 2.87. The van der Waals surface area contributed by atoms with Crippen LogP contribution in [0.15, 0.2) is 0 Å². The van der Waals surface area contributed by atoms with Crippen LogP contribution in [0.2, 0.25) is 0 Å². The largest absolute Gasteiger partial charge is 0.459 e. The van der Waals surface area contributed by atoms with E-state index in [1.807, 2.05) is 41.5 Å². The van der Waals surface area contributed by atoms with Crippen LogP contribution in [0, 0.1) is 5.41 Å². The highest BCUT2D eigenvalue weighted by Gasteiger charge is 2.65. The van der Waals surface area contributed by atoms with E-state index < -0.39 is 22.2 Å². The third-order valence-electron chi connectivity index (χ3n) is 4.67. The molecular formula is C18H31NO5. The fourth-order valence-electron chi connectivity index (χ4n) is 3.22. The Labute approximate surface area is 144 Å². The van der Waals surface area contributed by atoms with Crippen LogP contribution in [0.1, 0.15) is 67.2 Å². The van der Waals surface area contributed by atoms with Gasteiger partial charge in [-0.2, -0.15) is 0 Å². The molecule has 24 heavy (non-hydrogen) atoms. The van der Waals surface area contributed by atoms with Gasteiger partial charge >= 0.3 is 12.1 Å². The van der Waals surface area contributed by atoms with Gasteiger partial charge in [-0.25, -0.2) is 4.79 Å². The molecule has 0 aromatic heterocycles. The van der Waals surface area contributed by atoms with Crippen LogP contribution in [-0.2, 0) is 14.3 Å². The van der Waals surface area contributed by atoms with Gasteiger partial charge in [-0.05, 0) is 67.2 Å². The number of carbonyl (C=O) groups excluding carboxylic acids is 2. The van der Waals surface area contributed by atoms with Gasteiger partial charge < -0.3 is 19.5 Å². The molecule has 2 fully saturated rings. The van der Waals surface area contributed by atoms with Crippen molar-refractivity contribution in [1.82, 2.24) is 4.90 Å². The number of ether oxygens (including phenoxy) is 2. The minimum Gasteiger partial charge on any atom is -0.459 e. The lowest BCUT2D eigenvalue weighted by atomic mass is 9.76. The van der Waals surface area contributed by atoms with E-state index in [4.69, 9.17) is 9.47 Å². The molecule has 1 amide bonds. The summed E-state index contributed by atoms with van der Waals surface area (Å²) in [5.41, 5.74) is -3.02. The van der Waals surface area contributed by atoms with Crippen molar-refractivity contribution in [2.75, 3.05) is 13.1 Å². The molecule has 1 saturated carbocycles. The van der Waals surface area contributed by atoms with E-state index in [0.717, 1.165) is 0 Å². The van der Waals surface area contributed by atoms with Gasteiger partial charge in [0.25, 0.3) is 0 Å². The number of amides is 1. The van der Waals surface area contributed by atoms with Crippen LogP contribution >= 0.6 is 0 Å². The molecule has 1 aliphatic heterocycles. The number of hydrogen-bond acceptors (Lipinski definition) is 5. The molecule has 0 atom stereocenters. The SMILES string of the molecule is CC(C)(C)OC(=O)N1CCC(O)(C2(C(=O)OC(C)(C)C)CC2)CC1. The lowest BCUT2D eigenvalue weighted by Crippen LogP contribution is -2.55. The van der Waals surface area contributed by atoms with E-state index >= 15 is 0 Å². The van der Waals surface area contributed by atoms with Crippen molar-refractivity contribution in [3.63, 3.8) is 0 Å². The van der Waals surface area contributed by atoms with Crippen LogP contribution in [0.3, 0.4) is 0 Å². The summed E-state index contributed by atoms with van der Waals surface area (Å²) in [6, 6.07) is 0. The molecule has 6 nitrogen and oxygen atoms in total. The first-order chi connectivity index (χ1) is 10.8. The number of nitrogens with zero attached hydrogens (tertiary/aromatic N) is 1. The van der Waals surface area contributed by atoms with Gasteiger partial charge in [0.15, 0.2) is 0 Å². The summed E-state index contributed by atoms with van der Waals surface area (Å²) in [5, 5.41) is 11.1. The maximum Gasteiger partial charge on any atom is 0.410 e. The van der Waals surface area contributed by atoms with Crippen LogP contribution in [0.4, 0.5) is 4.79 Å². The molecule has 0 spiro atoms. The summed E-state index contributed by atoms with van der Waals surface area (Å²) in [7, 11) is 0. The van der Waals surface area contributed by atoms with Crippen LogP contribution in [-0.4, -0.2) is 52.0 Å². The number of aliphatic hydroxyl groups is 1. The Morgan fingerprint density at radius 2 is 1.33 bits per heavy atom. The van der Waals surface area contributed by atoms with E-state index in [9.17, 15) is 14.7 Å². The smallest absolute Gasteiger partial charge is 0.410 e. The van der Waals surface area contributed by atoms with Crippen LogP contribution < -0.4 is 0 Å². The predicted molar refractivity (Wildman–Crippen MR) is 89.5 cm³/mol. The number of piperidine rings is 1.